The first-order valence-corrected chi connectivity index (χ1v) is 7.56. The molecule has 2 heterocycles. The van der Waals surface area contributed by atoms with E-state index in [1.165, 1.54) is 11.3 Å². The summed E-state index contributed by atoms with van der Waals surface area (Å²) < 4.78 is 5.44. The minimum atomic E-state index is -0.00917. The van der Waals surface area contributed by atoms with Gasteiger partial charge in [0.1, 0.15) is 5.69 Å². The summed E-state index contributed by atoms with van der Waals surface area (Å²) in [6, 6.07) is 0. The molecule has 1 unspecified atom stereocenters. The largest absolute Gasteiger partial charge is 0.381 e. The molecule has 1 amide bonds. The molecule has 0 spiro atoms. The maximum atomic E-state index is 12.2. The van der Waals surface area contributed by atoms with E-state index in [2.05, 4.69) is 4.98 Å². The molecule has 2 N–H and O–H groups in total. The Balaban J connectivity index is 1.89. The van der Waals surface area contributed by atoms with Gasteiger partial charge in [0.25, 0.3) is 5.91 Å². The van der Waals surface area contributed by atoms with Crippen LogP contribution in [0.5, 0.6) is 0 Å². The van der Waals surface area contributed by atoms with E-state index in [1.54, 1.807) is 4.90 Å². The van der Waals surface area contributed by atoms with Crippen molar-refractivity contribution in [2.75, 3.05) is 33.4 Å². The normalized spacial score (nSPS) is 19.4. The number of carbonyl (C=O) groups excluding carboxylic acids is 1. The van der Waals surface area contributed by atoms with E-state index in [0.29, 0.717) is 18.2 Å². The second-order valence-corrected chi connectivity index (χ2v) is 5.88. The Morgan fingerprint density at radius 1 is 1.68 bits per heavy atom. The SMILES string of the molecule is CN(CC1CCCOC1)C(=O)c1csc(CCN)n1. The third kappa shape index (κ3) is 3.99. The number of hydrogen-bond donors (Lipinski definition) is 1. The topological polar surface area (TPSA) is 68.5 Å². The predicted molar refractivity (Wildman–Crippen MR) is 75.4 cm³/mol. The predicted octanol–water partition coefficient (Wildman–Crippen LogP) is 1.14. The highest BCUT2D eigenvalue weighted by atomic mass is 32.1. The Kier molecular flexibility index (Phi) is 5.30. The standard InChI is InChI=1S/C13H21N3O2S/c1-16(7-10-3-2-6-18-8-10)13(17)11-9-19-12(15-11)4-5-14/h9-10H,2-8,14H2,1H3. The van der Waals surface area contributed by atoms with Crippen LogP contribution in [0.3, 0.4) is 0 Å². The molecule has 0 aromatic carbocycles. The van der Waals surface area contributed by atoms with Crippen molar-refractivity contribution >= 4 is 17.2 Å². The van der Waals surface area contributed by atoms with Crippen LogP contribution >= 0.6 is 11.3 Å². The number of aromatic nitrogens is 1. The van der Waals surface area contributed by atoms with Gasteiger partial charge in [0.2, 0.25) is 0 Å². The molecule has 2 rings (SSSR count). The maximum absolute atomic E-state index is 12.2. The second-order valence-electron chi connectivity index (χ2n) is 4.93. The molecule has 5 nitrogen and oxygen atoms in total. The van der Waals surface area contributed by atoms with Gasteiger partial charge in [0.05, 0.1) is 11.6 Å². The molecule has 0 bridgehead atoms. The monoisotopic (exact) mass is 283 g/mol. The van der Waals surface area contributed by atoms with Gasteiger partial charge in [-0.25, -0.2) is 4.98 Å². The van der Waals surface area contributed by atoms with Crippen molar-refractivity contribution in [3.63, 3.8) is 0 Å². The number of thiazole rings is 1. The summed E-state index contributed by atoms with van der Waals surface area (Å²) in [7, 11) is 1.83. The van der Waals surface area contributed by atoms with Gasteiger partial charge in [-0.3, -0.25) is 4.79 Å². The van der Waals surface area contributed by atoms with Gasteiger partial charge in [0.15, 0.2) is 0 Å². The van der Waals surface area contributed by atoms with E-state index in [1.807, 2.05) is 12.4 Å². The van der Waals surface area contributed by atoms with Gasteiger partial charge < -0.3 is 15.4 Å². The van der Waals surface area contributed by atoms with E-state index in [9.17, 15) is 4.79 Å². The van der Waals surface area contributed by atoms with Gasteiger partial charge in [-0.2, -0.15) is 0 Å². The van der Waals surface area contributed by atoms with Gasteiger partial charge in [0, 0.05) is 32.0 Å². The first-order valence-electron chi connectivity index (χ1n) is 6.68. The van der Waals surface area contributed by atoms with Crippen LogP contribution < -0.4 is 5.73 Å². The van der Waals surface area contributed by atoms with Crippen molar-refractivity contribution in [3.05, 3.63) is 16.1 Å². The number of nitrogens with zero attached hydrogens (tertiary/aromatic N) is 2. The van der Waals surface area contributed by atoms with E-state index in [4.69, 9.17) is 10.5 Å². The molecule has 1 aliphatic rings. The van der Waals surface area contributed by atoms with Gasteiger partial charge in [-0.15, -0.1) is 11.3 Å². The molecule has 0 aliphatic carbocycles. The Morgan fingerprint density at radius 3 is 3.21 bits per heavy atom. The third-order valence-electron chi connectivity index (χ3n) is 3.26. The smallest absolute Gasteiger partial charge is 0.273 e. The first-order chi connectivity index (χ1) is 9.20. The van der Waals surface area contributed by atoms with Crippen LogP contribution in [0.25, 0.3) is 0 Å². The van der Waals surface area contributed by atoms with Crippen LogP contribution in [0.2, 0.25) is 0 Å². The fourth-order valence-electron chi connectivity index (χ4n) is 2.26. The molecule has 1 fully saturated rings. The summed E-state index contributed by atoms with van der Waals surface area (Å²) in [5.41, 5.74) is 6.02. The lowest BCUT2D eigenvalue weighted by atomic mass is 10.0. The number of nitrogens with two attached hydrogens (primary N) is 1. The van der Waals surface area contributed by atoms with Crippen molar-refractivity contribution < 1.29 is 9.53 Å². The summed E-state index contributed by atoms with van der Waals surface area (Å²) in [6.45, 7) is 2.91. The first kappa shape index (κ1) is 14.4. The fraction of sp³-hybridized carbons (Fsp3) is 0.692. The van der Waals surface area contributed by atoms with Crippen LogP contribution in [0.15, 0.2) is 5.38 Å². The molecule has 6 heteroatoms. The van der Waals surface area contributed by atoms with Crippen LogP contribution in [0, 0.1) is 5.92 Å². The highest BCUT2D eigenvalue weighted by Gasteiger charge is 2.21. The van der Waals surface area contributed by atoms with E-state index >= 15 is 0 Å². The van der Waals surface area contributed by atoms with Crippen molar-refractivity contribution in [3.8, 4) is 0 Å². The minimum absolute atomic E-state index is 0.00917. The Labute approximate surface area is 117 Å². The zero-order valence-electron chi connectivity index (χ0n) is 11.3. The molecule has 106 valence electrons. The van der Waals surface area contributed by atoms with Crippen LogP contribution in [-0.2, 0) is 11.2 Å². The highest BCUT2D eigenvalue weighted by Crippen LogP contribution is 2.16. The summed E-state index contributed by atoms with van der Waals surface area (Å²) in [5.74, 6) is 0.440. The van der Waals surface area contributed by atoms with E-state index in [0.717, 1.165) is 44.0 Å². The van der Waals surface area contributed by atoms with E-state index in [-0.39, 0.29) is 5.91 Å². The fourth-order valence-corrected chi connectivity index (χ4v) is 3.05. The van der Waals surface area contributed by atoms with Gasteiger partial charge in [-0.05, 0) is 25.3 Å². The lowest BCUT2D eigenvalue weighted by Gasteiger charge is -2.26. The molecule has 0 radical (unpaired) electrons. The third-order valence-corrected chi connectivity index (χ3v) is 4.17. The lowest BCUT2D eigenvalue weighted by Crippen LogP contribution is -2.35. The molecule has 1 aromatic rings. The van der Waals surface area contributed by atoms with Crippen molar-refractivity contribution in [2.24, 2.45) is 11.7 Å². The zero-order chi connectivity index (χ0) is 13.7. The number of amides is 1. The van der Waals surface area contributed by atoms with Gasteiger partial charge >= 0.3 is 0 Å². The summed E-state index contributed by atoms with van der Waals surface area (Å²) in [6.07, 6.45) is 2.95. The van der Waals surface area contributed by atoms with Gasteiger partial charge in [-0.1, -0.05) is 0 Å². The molecular formula is C13H21N3O2S. The molecule has 1 aromatic heterocycles. The molecule has 1 atom stereocenters. The number of carbonyl (C=O) groups is 1. The Bertz CT molecular complexity index is 416. The number of hydrogen-bond acceptors (Lipinski definition) is 5. The Hall–Kier alpha value is -0.980. The number of rotatable bonds is 5. The summed E-state index contributed by atoms with van der Waals surface area (Å²) >= 11 is 1.50. The zero-order valence-corrected chi connectivity index (χ0v) is 12.1. The number of ether oxygens (including phenoxy) is 1. The molecule has 0 saturated carbocycles. The molecule has 19 heavy (non-hydrogen) atoms. The average molecular weight is 283 g/mol. The molecular weight excluding hydrogens is 262 g/mol. The van der Waals surface area contributed by atoms with Crippen LogP contribution in [0.1, 0.15) is 28.3 Å². The second kappa shape index (κ2) is 6.98. The maximum Gasteiger partial charge on any atom is 0.273 e. The quantitative estimate of drug-likeness (QED) is 0.880. The van der Waals surface area contributed by atoms with Crippen molar-refractivity contribution in [1.82, 2.24) is 9.88 Å². The summed E-state index contributed by atoms with van der Waals surface area (Å²) in [5, 5.41) is 2.75. The minimum Gasteiger partial charge on any atom is -0.381 e. The van der Waals surface area contributed by atoms with Crippen LogP contribution in [0.4, 0.5) is 0 Å². The van der Waals surface area contributed by atoms with Crippen LogP contribution in [-0.4, -0.2) is 49.1 Å². The lowest BCUT2D eigenvalue weighted by molar-refractivity contribution is 0.0387. The Morgan fingerprint density at radius 2 is 2.53 bits per heavy atom. The highest BCUT2D eigenvalue weighted by molar-refractivity contribution is 7.09. The van der Waals surface area contributed by atoms with E-state index < -0.39 is 0 Å². The molecule has 1 saturated heterocycles. The van der Waals surface area contributed by atoms with Crippen molar-refractivity contribution in [1.29, 1.82) is 0 Å². The molecule has 1 aliphatic heterocycles. The van der Waals surface area contributed by atoms with Crippen molar-refractivity contribution in [2.45, 2.75) is 19.3 Å². The average Bonchev–Trinajstić information content (AvgIpc) is 2.88. The summed E-state index contributed by atoms with van der Waals surface area (Å²) in [4.78, 5) is 18.3.